The van der Waals surface area contributed by atoms with Crippen LogP contribution in [0.2, 0.25) is 0 Å². The first-order chi connectivity index (χ1) is 11.3. The molecule has 0 bridgehead atoms. The molecule has 1 fully saturated rings. The minimum absolute atomic E-state index is 0.0259. The maximum atomic E-state index is 12.1. The Morgan fingerprint density at radius 2 is 1.92 bits per heavy atom. The highest BCUT2D eigenvalue weighted by atomic mass is 32.2. The maximum absolute atomic E-state index is 12.1. The predicted molar refractivity (Wildman–Crippen MR) is 86.7 cm³/mol. The highest BCUT2D eigenvalue weighted by Gasteiger charge is 2.30. The molecule has 1 aromatic carbocycles. The lowest BCUT2D eigenvalue weighted by molar-refractivity contribution is -0.139. The summed E-state index contributed by atoms with van der Waals surface area (Å²) < 4.78 is 26.0. The number of carbonyl (C=O) groups is 2. The van der Waals surface area contributed by atoms with E-state index >= 15 is 0 Å². The lowest BCUT2D eigenvalue weighted by atomic mass is 10.1. The van der Waals surface area contributed by atoms with Crippen LogP contribution in [0, 0.1) is 18.3 Å². The van der Waals surface area contributed by atoms with Crippen molar-refractivity contribution in [3.8, 4) is 12.3 Å². The van der Waals surface area contributed by atoms with Crippen molar-refractivity contribution in [1.82, 2.24) is 10.0 Å². The molecule has 1 aromatic rings. The summed E-state index contributed by atoms with van der Waals surface area (Å²) in [6.45, 7) is -0.133. The number of terminal acetylenes is 1. The van der Waals surface area contributed by atoms with E-state index in [1.807, 2.05) is 0 Å². The summed E-state index contributed by atoms with van der Waals surface area (Å²) in [7, 11) is -3.73. The van der Waals surface area contributed by atoms with Gasteiger partial charge in [-0.1, -0.05) is 18.8 Å². The Morgan fingerprint density at radius 3 is 2.42 bits per heavy atom. The van der Waals surface area contributed by atoms with Crippen molar-refractivity contribution in [3.05, 3.63) is 29.8 Å². The number of hydrogen-bond donors (Lipinski definition) is 3. The van der Waals surface area contributed by atoms with Crippen LogP contribution in [0.5, 0.6) is 0 Å². The third-order valence-electron chi connectivity index (χ3n) is 3.66. The van der Waals surface area contributed by atoms with Crippen molar-refractivity contribution in [2.45, 2.75) is 30.2 Å². The molecule has 128 valence electrons. The SMILES string of the molecule is C#CCNS(=O)(=O)c1ccc(C(=O)NC(CC2CC2)C(=O)O)cc1. The van der Waals surface area contributed by atoms with Gasteiger partial charge in [0.25, 0.3) is 5.91 Å². The number of carboxylic acid groups (broad SMARTS) is 1. The smallest absolute Gasteiger partial charge is 0.326 e. The van der Waals surface area contributed by atoms with E-state index in [9.17, 15) is 18.0 Å². The van der Waals surface area contributed by atoms with Gasteiger partial charge in [-0.3, -0.25) is 4.79 Å². The van der Waals surface area contributed by atoms with Crippen LogP contribution in [-0.2, 0) is 14.8 Å². The van der Waals surface area contributed by atoms with E-state index in [0.717, 1.165) is 12.8 Å². The van der Waals surface area contributed by atoms with Crippen LogP contribution in [0.25, 0.3) is 0 Å². The quantitative estimate of drug-likeness (QED) is 0.594. The molecule has 24 heavy (non-hydrogen) atoms. The first-order valence-corrected chi connectivity index (χ1v) is 8.88. The molecule has 0 radical (unpaired) electrons. The Morgan fingerprint density at radius 1 is 1.29 bits per heavy atom. The van der Waals surface area contributed by atoms with Gasteiger partial charge in [-0.2, -0.15) is 4.72 Å². The van der Waals surface area contributed by atoms with Gasteiger partial charge in [0.15, 0.2) is 0 Å². The molecule has 0 aliphatic heterocycles. The first-order valence-electron chi connectivity index (χ1n) is 7.40. The molecule has 1 atom stereocenters. The van der Waals surface area contributed by atoms with Crippen LogP contribution in [0.15, 0.2) is 29.2 Å². The van der Waals surface area contributed by atoms with Gasteiger partial charge in [0.05, 0.1) is 11.4 Å². The zero-order chi connectivity index (χ0) is 17.7. The summed E-state index contributed by atoms with van der Waals surface area (Å²) in [6, 6.07) is 4.26. The van der Waals surface area contributed by atoms with Crippen molar-refractivity contribution in [1.29, 1.82) is 0 Å². The largest absolute Gasteiger partial charge is 0.480 e. The highest BCUT2D eigenvalue weighted by Crippen LogP contribution is 2.33. The second kappa shape index (κ2) is 7.47. The number of hydrogen-bond acceptors (Lipinski definition) is 4. The predicted octanol–water partition coefficient (Wildman–Crippen LogP) is 0.581. The summed E-state index contributed by atoms with van der Waals surface area (Å²) in [5.74, 6) is 0.886. The lowest BCUT2D eigenvalue weighted by Gasteiger charge is -2.14. The van der Waals surface area contributed by atoms with Crippen LogP contribution >= 0.6 is 0 Å². The fourth-order valence-corrected chi connectivity index (χ4v) is 3.09. The van der Waals surface area contributed by atoms with Crippen molar-refractivity contribution < 1.29 is 23.1 Å². The maximum Gasteiger partial charge on any atom is 0.326 e. The fourth-order valence-electron chi connectivity index (χ4n) is 2.16. The third-order valence-corrected chi connectivity index (χ3v) is 5.08. The summed E-state index contributed by atoms with van der Waals surface area (Å²) >= 11 is 0. The normalized spacial score (nSPS) is 15.3. The van der Waals surface area contributed by atoms with E-state index in [4.69, 9.17) is 11.5 Å². The molecule has 7 nitrogen and oxygen atoms in total. The molecule has 1 aliphatic rings. The molecular formula is C16H18N2O5S. The van der Waals surface area contributed by atoms with Crippen molar-refractivity contribution >= 4 is 21.9 Å². The lowest BCUT2D eigenvalue weighted by Crippen LogP contribution is -2.41. The minimum atomic E-state index is -3.73. The molecular weight excluding hydrogens is 332 g/mol. The zero-order valence-electron chi connectivity index (χ0n) is 12.9. The van der Waals surface area contributed by atoms with E-state index in [1.54, 1.807) is 0 Å². The number of sulfonamides is 1. The molecule has 8 heteroatoms. The molecule has 3 N–H and O–H groups in total. The fraction of sp³-hybridized carbons (Fsp3) is 0.375. The van der Waals surface area contributed by atoms with Gasteiger partial charge in [0.1, 0.15) is 6.04 Å². The van der Waals surface area contributed by atoms with Crippen LogP contribution < -0.4 is 10.0 Å². The monoisotopic (exact) mass is 350 g/mol. The van der Waals surface area contributed by atoms with Gasteiger partial charge in [-0.05, 0) is 36.6 Å². The Hall–Kier alpha value is -2.37. The molecule has 0 aromatic heterocycles. The molecule has 1 amide bonds. The van der Waals surface area contributed by atoms with E-state index in [2.05, 4.69) is 16.0 Å². The Kier molecular flexibility index (Phi) is 5.59. The van der Waals surface area contributed by atoms with E-state index in [-0.39, 0.29) is 17.0 Å². The highest BCUT2D eigenvalue weighted by molar-refractivity contribution is 7.89. The van der Waals surface area contributed by atoms with Gasteiger partial charge in [-0.15, -0.1) is 6.42 Å². The van der Waals surface area contributed by atoms with Crippen LogP contribution in [0.1, 0.15) is 29.6 Å². The van der Waals surface area contributed by atoms with Gasteiger partial charge in [0, 0.05) is 5.56 Å². The average Bonchev–Trinajstić information content (AvgIpc) is 3.36. The number of amides is 1. The molecule has 1 saturated carbocycles. The minimum Gasteiger partial charge on any atom is -0.480 e. The zero-order valence-corrected chi connectivity index (χ0v) is 13.7. The first kappa shape index (κ1) is 18.0. The van der Waals surface area contributed by atoms with Crippen molar-refractivity contribution in [2.24, 2.45) is 5.92 Å². The average molecular weight is 350 g/mol. The second-order valence-electron chi connectivity index (χ2n) is 5.60. The van der Waals surface area contributed by atoms with E-state index in [1.165, 1.54) is 24.3 Å². The van der Waals surface area contributed by atoms with Crippen molar-refractivity contribution in [2.75, 3.05) is 6.54 Å². The number of aliphatic carboxylic acids is 1. The number of carbonyl (C=O) groups excluding carboxylic acids is 1. The molecule has 0 heterocycles. The number of benzene rings is 1. The van der Waals surface area contributed by atoms with E-state index in [0.29, 0.717) is 12.3 Å². The molecule has 1 unspecified atom stereocenters. The third kappa shape index (κ3) is 4.81. The Bertz CT molecular complexity index is 761. The molecule has 0 spiro atoms. The van der Waals surface area contributed by atoms with E-state index < -0.39 is 27.9 Å². The van der Waals surface area contributed by atoms with Crippen LogP contribution in [0.3, 0.4) is 0 Å². The van der Waals surface area contributed by atoms with Crippen molar-refractivity contribution in [3.63, 3.8) is 0 Å². The molecule has 0 saturated heterocycles. The summed E-state index contributed by atoms with van der Waals surface area (Å²) in [5, 5.41) is 11.6. The van der Waals surface area contributed by atoms with Gasteiger partial charge in [0.2, 0.25) is 10.0 Å². The molecule has 1 aliphatic carbocycles. The number of nitrogens with one attached hydrogen (secondary N) is 2. The Balaban J connectivity index is 2.05. The summed E-state index contributed by atoms with van der Waals surface area (Å²) in [5.41, 5.74) is 0.188. The number of rotatable bonds is 8. The topological polar surface area (TPSA) is 113 Å². The summed E-state index contributed by atoms with van der Waals surface area (Å²) in [4.78, 5) is 23.3. The summed E-state index contributed by atoms with van der Waals surface area (Å²) in [6.07, 6.45) is 7.38. The van der Waals surface area contributed by atoms with Crippen LogP contribution in [-0.4, -0.2) is 38.0 Å². The standard InChI is InChI=1S/C16H18N2O5S/c1-2-9-17-24(22,23)13-7-5-12(6-8-13)15(19)18-14(16(20)21)10-11-3-4-11/h1,5-8,11,14,17H,3-4,9-10H2,(H,18,19)(H,20,21). The van der Waals surface area contributed by atoms with Gasteiger partial charge < -0.3 is 10.4 Å². The Labute approximate surface area is 140 Å². The molecule has 2 rings (SSSR count). The second-order valence-corrected chi connectivity index (χ2v) is 7.36. The number of carboxylic acids is 1. The van der Waals surface area contributed by atoms with Crippen LogP contribution in [0.4, 0.5) is 0 Å². The van der Waals surface area contributed by atoms with Gasteiger partial charge in [-0.25, -0.2) is 13.2 Å². The van der Waals surface area contributed by atoms with Gasteiger partial charge >= 0.3 is 5.97 Å².